The predicted octanol–water partition coefficient (Wildman–Crippen LogP) is 2.40. The van der Waals surface area contributed by atoms with Crippen LogP contribution in [0, 0.1) is 5.82 Å². The first-order valence-electron chi connectivity index (χ1n) is 8.52. The molecule has 3 aromatic rings. The quantitative estimate of drug-likeness (QED) is 0.708. The van der Waals surface area contributed by atoms with Gasteiger partial charge in [0.05, 0.1) is 0 Å². The van der Waals surface area contributed by atoms with E-state index < -0.39 is 0 Å². The average molecular weight is 353 g/mol. The van der Waals surface area contributed by atoms with Crippen LogP contribution in [0.3, 0.4) is 0 Å². The Morgan fingerprint density at radius 2 is 1.77 bits per heavy atom. The lowest BCUT2D eigenvalue weighted by atomic mass is 10.1. The first-order chi connectivity index (χ1) is 12.6. The van der Waals surface area contributed by atoms with Crippen LogP contribution in [0.5, 0.6) is 0 Å². The van der Waals surface area contributed by atoms with Crippen molar-refractivity contribution in [3.63, 3.8) is 0 Å². The highest BCUT2D eigenvalue weighted by Crippen LogP contribution is 2.14. The molecule has 0 spiro atoms. The Hall–Kier alpha value is -3.09. The van der Waals surface area contributed by atoms with Crippen LogP contribution in [0.4, 0.5) is 4.39 Å². The number of hydrogen-bond acceptors (Lipinski definition) is 4. The summed E-state index contributed by atoms with van der Waals surface area (Å²) in [6.45, 7) is 2.56. The van der Waals surface area contributed by atoms with Crippen molar-refractivity contribution in [1.29, 1.82) is 0 Å². The van der Waals surface area contributed by atoms with Crippen LogP contribution < -0.4 is 5.32 Å². The summed E-state index contributed by atoms with van der Waals surface area (Å²) in [5.74, 6) is 0.0272. The van der Waals surface area contributed by atoms with Crippen LogP contribution in [-0.4, -0.2) is 32.7 Å². The maximum absolute atomic E-state index is 12.8. The number of carbonyl (C=O) groups is 1. The standard InChI is InChI=1S/C19H20FN5O/c1-2-14-3-7-16(8-4-14)19-22-24-25(23-19)13-18(26)21-12-11-15-5-9-17(20)10-6-15/h3-10H,2,11-13H2,1H3,(H,21,26). The molecule has 134 valence electrons. The molecule has 2 aromatic carbocycles. The second-order valence-electron chi connectivity index (χ2n) is 5.92. The van der Waals surface area contributed by atoms with Gasteiger partial charge in [0.2, 0.25) is 11.7 Å². The fraction of sp³-hybridized carbons (Fsp3) is 0.263. The Kier molecular flexibility index (Phi) is 5.68. The van der Waals surface area contributed by atoms with Crippen LogP contribution in [0.15, 0.2) is 48.5 Å². The van der Waals surface area contributed by atoms with E-state index in [1.807, 2.05) is 24.3 Å². The molecule has 0 unspecified atom stereocenters. The molecule has 0 fully saturated rings. The molecule has 0 aliphatic carbocycles. The summed E-state index contributed by atoms with van der Waals surface area (Å²) in [5.41, 5.74) is 3.07. The summed E-state index contributed by atoms with van der Waals surface area (Å²) in [5, 5.41) is 15.0. The second kappa shape index (κ2) is 8.33. The Bertz CT molecular complexity index is 858. The number of nitrogens with one attached hydrogen (secondary N) is 1. The normalized spacial score (nSPS) is 10.7. The van der Waals surface area contributed by atoms with Crippen LogP contribution in [-0.2, 0) is 24.2 Å². The number of halogens is 1. The fourth-order valence-electron chi connectivity index (χ4n) is 2.50. The summed E-state index contributed by atoms with van der Waals surface area (Å²) in [4.78, 5) is 13.3. The molecule has 0 saturated carbocycles. The monoisotopic (exact) mass is 353 g/mol. The second-order valence-corrected chi connectivity index (χ2v) is 5.92. The first kappa shape index (κ1) is 17.7. The molecule has 26 heavy (non-hydrogen) atoms. The number of aromatic nitrogens is 4. The zero-order valence-corrected chi connectivity index (χ0v) is 14.5. The highest BCUT2D eigenvalue weighted by Gasteiger charge is 2.09. The van der Waals surface area contributed by atoms with Gasteiger partial charge >= 0.3 is 0 Å². The molecule has 0 saturated heterocycles. The third kappa shape index (κ3) is 4.72. The Morgan fingerprint density at radius 3 is 2.46 bits per heavy atom. The average Bonchev–Trinajstić information content (AvgIpc) is 3.12. The zero-order chi connectivity index (χ0) is 18.4. The highest BCUT2D eigenvalue weighted by atomic mass is 19.1. The number of amides is 1. The molecule has 1 heterocycles. The van der Waals surface area contributed by atoms with Crippen molar-refractivity contribution >= 4 is 5.91 Å². The van der Waals surface area contributed by atoms with Crippen LogP contribution in [0.1, 0.15) is 18.1 Å². The summed E-state index contributed by atoms with van der Waals surface area (Å²) < 4.78 is 12.8. The van der Waals surface area contributed by atoms with E-state index in [-0.39, 0.29) is 18.3 Å². The molecule has 7 heteroatoms. The summed E-state index contributed by atoms with van der Waals surface area (Å²) in [7, 11) is 0. The molecule has 0 aliphatic heterocycles. The molecule has 1 N–H and O–H groups in total. The van der Waals surface area contributed by atoms with Gasteiger partial charge in [0.1, 0.15) is 12.4 Å². The molecule has 3 rings (SSSR count). The van der Waals surface area contributed by atoms with E-state index in [0.717, 1.165) is 17.5 Å². The summed E-state index contributed by atoms with van der Waals surface area (Å²) in [6.07, 6.45) is 1.60. The van der Waals surface area contributed by atoms with Gasteiger partial charge in [0.15, 0.2) is 0 Å². The van der Waals surface area contributed by atoms with Crippen molar-refractivity contribution in [1.82, 2.24) is 25.5 Å². The molecule has 1 aromatic heterocycles. The van der Waals surface area contributed by atoms with Gasteiger partial charge in [0, 0.05) is 12.1 Å². The molecule has 0 aliphatic rings. The van der Waals surface area contributed by atoms with Gasteiger partial charge in [-0.1, -0.05) is 43.3 Å². The molecule has 0 atom stereocenters. The molecule has 6 nitrogen and oxygen atoms in total. The Balaban J connectivity index is 1.50. The van der Waals surface area contributed by atoms with Crippen molar-refractivity contribution < 1.29 is 9.18 Å². The molecule has 0 bridgehead atoms. The Morgan fingerprint density at radius 1 is 1.08 bits per heavy atom. The van der Waals surface area contributed by atoms with Gasteiger partial charge in [-0.3, -0.25) is 4.79 Å². The largest absolute Gasteiger partial charge is 0.354 e. The lowest BCUT2D eigenvalue weighted by Crippen LogP contribution is -2.30. The molecule has 1 amide bonds. The van der Waals surface area contributed by atoms with Gasteiger partial charge in [0.25, 0.3) is 0 Å². The third-order valence-electron chi connectivity index (χ3n) is 4.01. The van der Waals surface area contributed by atoms with E-state index in [4.69, 9.17) is 0 Å². The van der Waals surface area contributed by atoms with Gasteiger partial charge in [-0.2, -0.15) is 4.80 Å². The van der Waals surface area contributed by atoms with E-state index in [0.29, 0.717) is 18.8 Å². The van der Waals surface area contributed by atoms with Gasteiger partial charge in [-0.05, 0) is 41.3 Å². The van der Waals surface area contributed by atoms with E-state index >= 15 is 0 Å². The van der Waals surface area contributed by atoms with Gasteiger partial charge in [-0.25, -0.2) is 4.39 Å². The third-order valence-corrected chi connectivity index (χ3v) is 4.01. The minimum absolute atomic E-state index is 0.00343. The number of rotatable bonds is 7. The van der Waals surface area contributed by atoms with Gasteiger partial charge in [-0.15, -0.1) is 10.2 Å². The van der Waals surface area contributed by atoms with Gasteiger partial charge < -0.3 is 5.32 Å². The number of nitrogens with zero attached hydrogens (tertiary/aromatic N) is 4. The summed E-state index contributed by atoms with van der Waals surface area (Å²) >= 11 is 0. The fourth-order valence-corrected chi connectivity index (χ4v) is 2.50. The van der Waals surface area contributed by atoms with Crippen LogP contribution >= 0.6 is 0 Å². The SMILES string of the molecule is CCc1ccc(-c2nnn(CC(=O)NCCc3ccc(F)cc3)n2)cc1. The number of carbonyl (C=O) groups excluding carboxylic acids is 1. The zero-order valence-electron chi connectivity index (χ0n) is 14.5. The van der Waals surface area contributed by atoms with E-state index in [1.54, 1.807) is 12.1 Å². The Labute approximate surface area is 151 Å². The first-order valence-corrected chi connectivity index (χ1v) is 8.52. The van der Waals surface area contributed by atoms with Crippen LogP contribution in [0.25, 0.3) is 11.4 Å². The van der Waals surface area contributed by atoms with Crippen molar-refractivity contribution in [2.75, 3.05) is 6.54 Å². The highest BCUT2D eigenvalue weighted by molar-refractivity contribution is 5.75. The number of benzene rings is 2. The van der Waals surface area contributed by atoms with E-state index in [1.165, 1.54) is 22.5 Å². The molecular formula is C19H20FN5O. The predicted molar refractivity (Wildman–Crippen MR) is 95.7 cm³/mol. The maximum Gasteiger partial charge on any atom is 0.243 e. The van der Waals surface area contributed by atoms with E-state index in [2.05, 4.69) is 27.7 Å². The lowest BCUT2D eigenvalue weighted by molar-refractivity contribution is -0.122. The molecule has 0 radical (unpaired) electrons. The smallest absolute Gasteiger partial charge is 0.243 e. The van der Waals surface area contributed by atoms with Crippen molar-refractivity contribution in [3.05, 3.63) is 65.5 Å². The minimum atomic E-state index is -0.268. The van der Waals surface area contributed by atoms with Crippen molar-refractivity contribution in [2.24, 2.45) is 0 Å². The van der Waals surface area contributed by atoms with Crippen molar-refractivity contribution in [2.45, 2.75) is 26.3 Å². The minimum Gasteiger partial charge on any atom is -0.354 e. The topological polar surface area (TPSA) is 72.7 Å². The number of tetrazole rings is 1. The maximum atomic E-state index is 12.8. The lowest BCUT2D eigenvalue weighted by Gasteiger charge is -2.04. The summed E-state index contributed by atoms with van der Waals surface area (Å²) in [6, 6.07) is 14.2. The van der Waals surface area contributed by atoms with Crippen molar-refractivity contribution in [3.8, 4) is 11.4 Å². The van der Waals surface area contributed by atoms with Crippen LogP contribution in [0.2, 0.25) is 0 Å². The molecular weight excluding hydrogens is 333 g/mol. The van der Waals surface area contributed by atoms with E-state index in [9.17, 15) is 9.18 Å². The number of hydrogen-bond donors (Lipinski definition) is 1. The number of aryl methyl sites for hydroxylation is 1.